The van der Waals surface area contributed by atoms with Gasteiger partial charge in [0.25, 0.3) is 5.91 Å². The topological polar surface area (TPSA) is 52.9 Å². The van der Waals surface area contributed by atoms with Crippen molar-refractivity contribution in [3.8, 4) is 17.2 Å². The molecule has 0 atom stereocenters. The summed E-state index contributed by atoms with van der Waals surface area (Å²) in [4.78, 5) is 14.3. The van der Waals surface area contributed by atoms with Crippen LogP contribution in [0.1, 0.15) is 27.9 Å². The molecule has 1 amide bonds. The summed E-state index contributed by atoms with van der Waals surface area (Å²) in [6.45, 7) is 8.44. The van der Waals surface area contributed by atoms with Gasteiger partial charge in [0.2, 0.25) is 0 Å². The van der Waals surface area contributed by atoms with Crippen LogP contribution < -0.4 is 5.32 Å². The number of amides is 1. The molecule has 0 radical (unpaired) electrons. The van der Waals surface area contributed by atoms with Gasteiger partial charge in [0.1, 0.15) is 5.82 Å². The first-order valence-electron chi connectivity index (χ1n) is 10.2. The smallest absolute Gasteiger partial charge is 0.251 e. The Balaban J connectivity index is 1.89. The number of hydrogen-bond acceptors (Lipinski definition) is 3. The van der Waals surface area contributed by atoms with Gasteiger partial charge in [-0.2, -0.15) is 5.26 Å². The normalized spacial score (nSPS) is 10.3. The molecule has 3 rings (SSSR count). The van der Waals surface area contributed by atoms with E-state index in [4.69, 9.17) is 16.9 Å². The summed E-state index contributed by atoms with van der Waals surface area (Å²) in [7, 11) is 0. The van der Waals surface area contributed by atoms with Gasteiger partial charge in [0.15, 0.2) is 0 Å². The Morgan fingerprint density at radius 3 is 2.70 bits per heavy atom. The molecule has 0 saturated heterocycles. The summed E-state index contributed by atoms with van der Waals surface area (Å²) in [5.41, 5.74) is 4.16. The van der Waals surface area contributed by atoms with E-state index in [1.165, 1.54) is 17.8 Å². The monoisotopic (exact) mass is 476 g/mol. The van der Waals surface area contributed by atoms with Crippen LogP contribution in [-0.2, 0) is 6.42 Å². The van der Waals surface area contributed by atoms with Crippen LogP contribution in [0.4, 0.5) is 4.39 Å². The quantitative estimate of drug-likeness (QED) is 0.261. The molecule has 0 saturated carbocycles. The zero-order valence-electron chi connectivity index (χ0n) is 17.9. The van der Waals surface area contributed by atoms with Crippen molar-refractivity contribution >= 4 is 35.3 Å². The van der Waals surface area contributed by atoms with Crippen molar-refractivity contribution in [2.45, 2.75) is 17.7 Å². The van der Waals surface area contributed by atoms with Gasteiger partial charge in [0, 0.05) is 23.4 Å². The number of carbonyl (C=O) groups is 1. The molecule has 0 aromatic heterocycles. The first-order valence-corrected chi connectivity index (χ1v) is 11.4. The fraction of sp³-hybridized carbons (Fsp3) is 0.111. The fourth-order valence-electron chi connectivity index (χ4n) is 3.28. The second kappa shape index (κ2) is 11.5. The molecular weight excluding hydrogens is 455 g/mol. The third-order valence-corrected chi connectivity index (χ3v) is 6.24. The van der Waals surface area contributed by atoms with Gasteiger partial charge in [-0.3, -0.25) is 4.79 Å². The van der Waals surface area contributed by atoms with Crippen molar-refractivity contribution in [2.75, 3.05) is 6.54 Å². The molecule has 3 aromatic carbocycles. The highest BCUT2D eigenvalue weighted by atomic mass is 35.5. The third-order valence-electron chi connectivity index (χ3n) is 4.86. The largest absolute Gasteiger partial charge is 0.351 e. The highest BCUT2D eigenvalue weighted by Gasteiger charge is 2.14. The van der Waals surface area contributed by atoms with E-state index in [-0.39, 0.29) is 17.4 Å². The van der Waals surface area contributed by atoms with Crippen LogP contribution in [0.3, 0.4) is 0 Å². The number of hydrogen-bond donors (Lipinski definition) is 1. The van der Waals surface area contributed by atoms with Crippen LogP contribution in [0.25, 0.3) is 17.2 Å². The van der Waals surface area contributed by atoms with E-state index >= 15 is 0 Å². The minimum atomic E-state index is -0.450. The van der Waals surface area contributed by atoms with Crippen molar-refractivity contribution in [1.82, 2.24) is 5.32 Å². The minimum Gasteiger partial charge on any atom is -0.351 e. The van der Waals surface area contributed by atoms with Crippen molar-refractivity contribution in [2.24, 2.45) is 0 Å². The maximum Gasteiger partial charge on any atom is 0.251 e. The average molecular weight is 477 g/mol. The summed E-state index contributed by atoms with van der Waals surface area (Å²) in [5.74, 6) is -0.673. The second-order valence-corrected chi connectivity index (χ2v) is 8.84. The summed E-state index contributed by atoms with van der Waals surface area (Å²) in [6.07, 6.45) is 2.57. The minimum absolute atomic E-state index is 0.0855. The van der Waals surface area contributed by atoms with E-state index in [1.807, 2.05) is 42.5 Å². The van der Waals surface area contributed by atoms with Gasteiger partial charge >= 0.3 is 0 Å². The Morgan fingerprint density at radius 2 is 1.97 bits per heavy atom. The Hall–Kier alpha value is -3.33. The molecule has 0 unspecified atom stereocenters. The Kier molecular flexibility index (Phi) is 8.48. The van der Waals surface area contributed by atoms with Gasteiger partial charge < -0.3 is 5.32 Å². The number of benzene rings is 3. The molecular formula is C27H22ClFN2OS. The molecule has 0 aliphatic carbocycles. The Labute approximate surface area is 202 Å². The molecule has 0 heterocycles. The van der Waals surface area contributed by atoms with Gasteiger partial charge in [-0.05, 0) is 51.4 Å². The lowest BCUT2D eigenvalue weighted by Gasteiger charge is -2.15. The molecule has 1 N–H and O–H groups in total. The van der Waals surface area contributed by atoms with Crippen LogP contribution in [0.5, 0.6) is 0 Å². The van der Waals surface area contributed by atoms with Crippen LogP contribution in [-0.4, -0.2) is 12.5 Å². The van der Waals surface area contributed by atoms with E-state index in [0.29, 0.717) is 18.5 Å². The van der Waals surface area contributed by atoms with Crippen molar-refractivity contribution in [3.05, 3.63) is 106 Å². The second-order valence-electron chi connectivity index (χ2n) is 7.24. The molecule has 0 fully saturated rings. The van der Waals surface area contributed by atoms with Crippen molar-refractivity contribution in [1.29, 1.82) is 5.26 Å². The van der Waals surface area contributed by atoms with Gasteiger partial charge in [-0.1, -0.05) is 79.0 Å². The summed E-state index contributed by atoms with van der Waals surface area (Å²) >= 11 is 7.43. The first-order chi connectivity index (χ1) is 15.9. The number of rotatable bonds is 9. The molecule has 0 aliphatic rings. The van der Waals surface area contributed by atoms with E-state index in [9.17, 15) is 9.18 Å². The van der Waals surface area contributed by atoms with Crippen LogP contribution >= 0.6 is 23.4 Å². The van der Waals surface area contributed by atoms with E-state index in [0.717, 1.165) is 32.1 Å². The number of halogens is 2. The number of carbonyl (C=O) groups excluding carboxylic acids is 1. The molecule has 0 aliphatic heterocycles. The molecule has 3 nitrogen and oxygen atoms in total. The number of thioether (sulfide) groups is 1. The van der Waals surface area contributed by atoms with Crippen molar-refractivity contribution < 1.29 is 9.18 Å². The zero-order chi connectivity index (χ0) is 23.8. The number of nitriles is 1. The van der Waals surface area contributed by atoms with Gasteiger partial charge in [0.05, 0.1) is 17.5 Å². The van der Waals surface area contributed by atoms with Crippen molar-refractivity contribution in [3.63, 3.8) is 0 Å². The lowest BCUT2D eigenvalue weighted by atomic mass is 10.0. The summed E-state index contributed by atoms with van der Waals surface area (Å²) < 4.78 is 13.5. The van der Waals surface area contributed by atoms with Crippen LogP contribution in [0.15, 0.2) is 83.6 Å². The lowest BCUT2D eigenvalue weighted by Crippen LogP contribution is -2.24. The summed E-state index contributed by atoms with van der Waals surface area (Å²) in [6, 6.07) is 19.9. The SMILES string of the molecule is C=Cc1cccc(-c2cccc(C(=O)NCCC#N)c2)c1SC(=C)Cc1ccc(F)c(Cl)c1. The third kappa shape index (κ3) is 6.35. The standard InChI is InChI=1S/C27H22ClFN2OS/c1-3-20-7-5-10-23(21-8-4-9-22(17-21)27(32)31-14-6-13-30)26(20)33-18(2)15-19-11-12-25(29)24(28)16-19/h3-5,7-12,16-17H,1-2,6,14-15H2,(H,31,32). The number of allylic oxidation sites excluding steroid dienone is 1. The highest BCUT2D eigenvalue weighted by Crippen LogP contribution is 2.39. The molecule has 6 heteroatoms. The number of nitrogens with one attached hydrogen (secondary N) is 1. The maximum absolute atomic E-state index is 13.5. The van der Waals surface area contributed by atoms with E-state index in [2.05, 4.69) is 18.5 Å². The van der Waals surface area contributed by atoms with E-state index in [1.54, 1.807) is 24.3 Å². The molecule has 33 heavy (non-hydrogen) atoms. The maximum atomic E-state index is 13.5. The van der Waals surface area contributed by atoms with E-state index < -0.39 is 5.82 Å². The molecule has 166 valence electrons. The molecule has 3 aromatic rings. The predicted molar refractivity (Wildman–Crippen MR) is 135 cm³/mol. The molecule has 0 spiro atoms. The first kappa shape index (κ1) is 24.3. The zero-order valence-corrected chi connectivity index (χ0v) is 19.5. The Morgan fingerprint density at radius 1 is 1.18 bits per heavy atom. The lowest BCUT2D eigenvalue weighted by molar-refractivity contribution is 0.0954. The number of nitrogens with zero attached hydrogens (tertiary/aromatic N) is 1. The predicted octanol–water partition coefficient (Wildman–Crippen LogP) is 7.28. The fourth-order valence-corrected chi connectivity index (χ4v) is 4.57. The van der Waals surface area contributed by atoms with Crippen LogP contribution in [0, 0.1) is 17.1 Å². The van der Waals surface area contributed by atoms with Gasteiger partial charge in [-0.25, -0.2) is 4.39 Å². The van der Waals surface area contributed by atoms with Gasteiger partial charge in [-0.15, -0.1) is 0 Å². The highest BCUT2D eigenvalue weighted by molar-refractivity contribution is 8.03. The Bertz CT molecular complexity index is 1250. The summed E-state index contributed by atoms with van der Waals surface area (Å²) in [5, 5.41) is 11.5. The average Bonchev–Trinajstić information content (AvgIpc) is 2.81. The van der Waals surface area contributed by atoms with Crippen LogP contribution in [0.2, 0.25) is 5.02 Å². The molecule has 0 bridgehead atoms.